The number of rotatable bonds is 5. The zero-order valence-corrected chi connectivity index (χ0v) is 22.0. The molecule has 0 bridgehead atoms. The standard InChI is InChI=1S/C30H26ClN5O3/c1-17-21(3-2-4-24(17)35-30(38)18-5-7-19(31)8-6-18)23-16-33-28(29(32)37)27-26(23)22-10-9-20(15-25(22)34-27)36-11-13-39-14-12-36/h2-10,15-16,34H,11-14H2,1H3,(H2,32,37)(H,35,38). The lowest BCUT2D eigenvalue weighted by Gasteiger charge is -2.28. The molecule has 196 valence electrons. The number of ether oxygens (including phenoxy) is 1. The number of hydrogen-bond donors (Lipinski definition) is 3. The maximum absolute atomic E-state index is 12.9. The Morgan fingerprint density at radius 3 is 2.56 bits per heavy atom. The van der Waals surface area contributed by atoms with Crippen LogP contribution in [0.15, 0.2) is 66.9 Å². The van der Waals surface area contributed by atoms with Gasteiger partial charge in [0, 0.05) is 63.1 Å². The summed E-state index contributed by atoms with van der Waals surface area (Å²) in [4.78, 5) is 35.4. The van der Waals surface area contributed by atoms with Gasteiger partial charge < -0.3 is 25.7 Å². The molecule has 5 aromatic rings. The molecule has 1 saturated heterocycles. The van der Waals surface area contributed by atoms with E-state index < -0.39 is 5.91 Å². The number of benzene rings is 3. The topological polar surface area (TPSA) is 113 Å². The Morgan fingerprint density at radius 2 is 1.82 bits per heavy atom. The van der Waals surface area contributed by atoms with Gasteiger partial charge in [-0.2, -0.15) is 0 Å². The van der Waals surface area contributed by atoms with Gasteiger partial charge in [-0.15, -0.1) is 0 Å². The van der Waals surface area contributed by atoms with E-state index in [0.29, 0.717) is 35.0 Å². The number of primary amides is 1. The number of nitrogens with one attached hydrogen (secondary N) is 2. The van der Waals surface area contributed by atoms with Gasteiger partial charge >= 0.3 is 0 Å². The largest absolute Gasteiger partial charge is 0.378 e. The smallest absolute Gasteiger partial charge is 0.269 e. The Bertz CT molecular complexity index is 1740. The molecule has 0 aliphatic carbocycles. The molecule has 6 rings (SSSR count). The van der Waals surface area contributed by atoms with E-state index in [9.17, 15) is 9.59 Å². The Kier molecular flexibility index (Phi) is 6.42. The first-order valence-electron chi connectivity index (χ1n) is 12.6. The third kappa shape index (κ3) is 4.58. The summed E-state index contributed by atoms with van der Waals surface area (Å²) in [5.41, 5.74) is 12.2. The van der Waals surface area contributed by atoms with Crippen molar-refractivity contribution >= 4 is 56.6 Å². The summed E-state index contributed by atoms with van der Waals surface area (Å²) in [6.45, 7) is 4.97. The molecule has 2 amide bonds. The maximum Gasteiger partial charge on any atom is 0.269 e. The molecule has 0 saturated carbocycles. The number of hydrogen-bond acceptors (Lipinski definition) is 5. The highest BCUT2D eigenvalue weighted by atomic mass is 35.5. The molecule has 0 spiro atoms. The molecule has 1 fully saturated rings. The fourth-order valence-electron chi connectivity index (χ4n) is 5.17. The summed E-state index contributed by atoms with van der Waals surface area (Å²) >= 11 is 5.97. The van der Waals surface area contributed by atoms with Gasteiger partial charge in [0.15, 0.2) is 5.69 Å². The second kappa shape index (κ2) is 10.1. The number of carbonyl (C=O) groups is 2. The average Bonchev–Trinajstić information content (AvgIpc) is 3.33. The molecular formula is C30H26ClN5O3. The monoisotopic (exact) mass is 539 g/mol. The number of anilines is 2. The van der Waals surface area contributed by atoms with Gasteiger partial charge in [-0.25, -0.2) is 4.98 Å². The predicted octanol–water partition coefficient (Wildman–Crippen LogP) is 5.53. The normalized spacial score (nSPS) is 13.6. The van der Waals surface area contributed by atoms with Crippen molar-refractivity contribution in [2.24, 2.45) is 5.73 Å². The van der Waals surface area contributed by atoms with Gasteiger partial charge in [0.2, 0.25) is 0 Å². The first kappa shape index (κ1) is 24.9. The van der Waals surface area contributed by atoms with Crippen molar-refractivity contribution < 1.29 is 14.3 Å². The number of amides is 2. The van der Waals surface area contributed by atoms with Crippen LogP contribution in [0, 0.1) is 6.92 Å². The average molecular weight is 540 g/mol. The fraction of sp³-hybridized carbons (Fsp3) is 0.167. The van der Waals surface area contributed by atoms with Crippen molar-refractivity contribution in [3.63, 3.8) is 0 Å². The van der Waals surface area contributed by atoms with E-state index in [1.165, 1.54) is 0 Å². The number of aromatic nitrogens is 2. The van der Waals surface area contributed by atoms with Crippen LogP contribution in [0.1, 0.15) is 26.4 Å². The Hall–Kier alpha value is -4.40. The van der Waals surface area contributed by atoms with Crippen molar-refractivity contribution in [2.75, 3.05) is 36.5 Å². The van der Waals surface area contributed by atoms with Crippen molar-refractivity contribution in [1.29, 1.82) is 0 Å². The Morgan fingerprint density at radius 1 is 1.05 bits per heavy atom. The number of morpholine rings is 1. The molecule has 1 aliphatic rings. The number of carbonyl (C=O) groups excluding carboxylic acids is 2. The van der Waals surface area contributed by atoms with E-state index in [-0.39, 0.29) is 11.6 Å². The van der Waals surface area contributed by atoms with Crippen LogP contribution in [-0.2, 0) is 4.74 Å². The number of fused-ring (bicyclic) bond motifs is 3. The fourth-order valence-corrected chi connectivity index (χ4v) is 5.29. The maximum atomic E-state index is 12.9. The zero-order valence-electron chi connectivity index (χ0n) is 21.3. The van der Waals surface area contributed by atoms with Crippen LogP contribution in [0.3, 0.4) is 0 Å². The van der Waals surface area contributed by atoms with Crippen molar-refractivity contribution in [3.8, 4) is 11.1 Å². The zero-order chi connectivity index (χ0) is 27.1. The summed E-state index contributed by atoms with van der Waals surface area (Å²) < 4.78 is 5.50. The van der Waals surface area contributed by atoms with Crippen LogP contribution >= 0.6 is 11.6 Å². The van der Waals surface area contributed by atoms with Gasteiger partial charge in [0.25, 0.3) is 11.8 Å². The molecule has 0 atom stereocenters. The predicted molar refractivity (Wildman–Crippen MR) is 155 cm³/mol. The summed E-state index contributed by atoms with van der Waals surface area (Å²) in [6.07, 6.45) is 1.68. The number of nitrogens with zero attached hydrogens (tertiary/aromatic N) is 2. The highest BCUT2D eigenvalue weighted by molar-refractivity contribution is 6.30. The van der Waals surface area contributed by atoms with Gasteiger partial charge in [-0.3, -0.25) is 9.59 Å². The lowest BCUT2D eigenvalue weighted by Crippen LogP contribution is -2.36. The lowest BCUT2D eigenvalue weighted by atomic mass is 9.95. The molecular weight excluding hydrogens is 514 g/mol. The molecule has 0 unspecified atom stereocenters. The summed E-state index contributed by atoms with van der Waals surface area (Å²) in [7, 11) is 0. The number of halogens is 1. The first-order chi connectivity index (χ1) is 18.9. The molecule has 8 nitrogen and oxygen atoms in total. The minimum absolute atomic E-state index is 0.183. The highest BCUT2D eigenvalue weighted by Crippen LogP contribution is 2.39. The van der Waals surface area contributed by atoms with Gasteiger partial charge in [0.1, 0.15) is 0 Å². The minimum Gasteiger partial charge on any atom is -0.378 e. The minimum atomic E-state index is -0.604. The lowest BCUT2D eigenvalue weighted by molar-refractivity contribution is 0.0994. The second-order valence-electron chi connectivity index (χ2n) is 9.53. The molecule has 3 aromatic carbocycles. The van der Waals surface area contributed by atoms with Crippen LogP contribution in [0.2, 0.25) is 5.02 Å². The van der Waals surface area contributed by atoms with Crippen molar-refractivity contribution in [1.82, 2.24) is 9.97 Å². The van der Waals surface area contributed by atoms with Crippen LogP contribution in [0.5, 0.6) is 0 Å². The van der Waals surface area contributed by atoms with Gasteiger partial charge in [-0.05, 0) is 60.5 Å². The van der Waals surface area contributed by atoms with E-state index in [1.54, 1.807) is 30.5 Å². The number of aromatic amines is 1. The van der Waals surface area contributed by atoms with Gasteiger partial charge in [-0.1, -0.05) is 29.8 Å². The van der Waals surface area contributed by atoms with Crippen LogP contribution < -0.4 is 16.0 Å². The van der Waals surface area contributed by atoms with Crippen molar-refractivity contribution in [2.45, 2.75) is 6.92 Å². The van der Waals surface area contributed by atoms with E-state index in [2.05, 4.69) is 38.4 Å². The summed E-state index contributed by atoms with van der Waals surface area (Å²) in [5, 5.41) is 5.38. The summed E-state index contributed by atoms with van der Waals surface area (Å²) in [5.74, 6) is -0.839. The van der Waals surface area contributed by atoms with E-state index in [4.69, 9.17) is 22.1 Å². The van der Waals surface area contributed by atoms with Gasteiger partial charge in [0.05, 0.1) is 18.7 Å². The second-order valence-corrected chi connectivity index (χ2v) is 9.96. The number of nitrogens with two attached hydrogens (primary N) is 1. The third-order valence-electron chi connectivity index (χ3n) is 7.20. The van der Waals surface area contributed by atoms with E-state index in [0.717, 1.165) is 51.8 Å². The van der Waals surface area contributed by atoms with Crippen molar-refractivity contribution in [3.05, 3.63) is 88.7 Å². The number of H-pyrrole nitrogens is 1. The van der Waals surface area contributed by atoms with Crippen LogP contribution in [0.25, 0.3) is 32.9 Å². The summed E-state index contributed by atoms with van der Waals surface area (Å²) in [6, 6.07) is 18.7. The third-order valence-corrected chi connectivity index (χ3v) is 7.45. The quantitative estimate of drug-likeness (QED) is 0.272. The molecule has 0 radical (unpaired) electrons. The molecule has 2 aromatic heterocycles. The Balaban J connectivity index is 1.46. The molecule has 3 heterocycles. The molecule has 4 N–H and O–H groups in total. The van der Waals surface area contributed by atoms with Crippen LogP contribution in [-0.4, -0.2) is 48.1 Å². The molecule has 1 aliphatic heterocycles. The molecule has 9 heteroatoms. The molecule has 39 heavy (non-hydrogen) atoms. The SMILES string of the molecule is Cc1c(NC(=O)c2ccc(Cl)cc2)cccc1-c1cnc(C(N)=O)c2[nH]c3cc(N4CCOCC4)ccc3c12. The highest BCUT2D eigenvalue weighted by Gasteiger charge is 2.21. The Labute approximate surface area is 229 Å². The first-order valence-corrected chi connectivity index (χ1v) is 13.0. The van der Waals surface area contributed by atoms with E-state index in [1.807, 2.05) is 25.1 Å². The van der Waals surface area contributed by atoms with E-state index >= 15 is 0 Å². The number of pyridine rings is 1. The van der Waals surface area contributed by atoms with Crippen LogP contribution in [0.4, 0.5) is 11.4 Å².